The lowest BCUT2D eigenvalue weighted by atomic mass is 10.2. The number of para-hydroxylation sites is 1. The van der Waals surface area contributed by atoms with Gasteiger partial charge in [-0.25, -0.2) is 4.79 Å². The average Bonchev–Trinajstić information content (AvgIpc) is 3.27. The van der Waals surface area contributed by atoms with Crippen molar-refractivity contribution in [1.82, 2.24) is 9.80 Å². The first-order valence-electron chi connectivity index (χ1n) is 9.71. The van der Waals surface area contributed by atoms with Crippen molar-refractivity contribution in [2.75, 3.05) is 18.4 Å². The normalized spacial score (nSPS) is 10.3. The number of carbonyl (C=O) groups excluding carboxylic acids is 2. The summed E-state index contributed by atoms with van der Waals surface area (Å²) in [5.41, 5.74) is 1.67. The minimum Gasteiger partial charge on any atom is -0.467 e. The van der Waals surface area contributed by atoms with Crippen LogP contribution in [0.1, 0.15) is 11.3 Å². The average molecular weight is 403 g/mol. The van der Waals surface area contributed by atoms with Gasteiger partial charge in [-0.2, -0.15) is 0 Å². The molecule has 0 aliphatic rings. The molecule has 1 N–H and O–H groups in total. The van der Waals surface area contributed by atoms with Gasteiger partial charge in [0.2, 0.25) is 5.91 Å². The molecule has 0 aliphatic carbocycles. The van der Waals surface area contributed by atoms with E-state index in [1.165, 1.54) is 4.90 Å². The molecule has 1 heterocycles. The van der Waals surface area contributed by atoms with Gasteiger partial charge in [0.15, 0.2) is 0 Å². The lowest BCUT2D eigenvalue weighted by Crippen LogP contribution is -2.44. The number of hydrogen-bond donors (Lipinski definition) is 1. The van der Waals surface area contributed by atoms with E-state index in [0.717, 1.165) is 5.56 Å². The quantitative estimate of drug-likeness (QED) is 0.534. The van der Waals surface area contributed by atoms with E-state index in [-0.39, 0.29) is 25.0 Å². The summed E-state index contributed by atoms with van der Waals surface area (Å²) < 4.78 is 5.43. The summed E-state index contributed by atoms with van der Waals surface area (Å²) in [6.45, 7) is 4.63. The molecule has 3 rings (SSSR count). The predicted octanol–water partition coefficient (Wildman–Crippen LogP) is 4.53. The van der Waals surface area contributed by atoms with Crippen LogP contribution in [0.5, 0.6) is 0 Å². The van der Waals surface area contributed by atoms with Crippen molar-refractivity contribution in [1.29, 1.82) is 0 Å². The third kappa shape index (κ3) is 6.10. The smallest absolute Gasteiger partial charge is 0.322 e. The first-order valence-corrected chi connectivity index (χ1v) is 9.71. The number of nitrogens with zero attached hydrogens (tertiary/aromatic N) is 2. The Kier molecular flexibility index (Phi) is 7.44. The Morgan fingerprint density at radius 3 is 2.23 bits per heavy atom. The maximum atomic E-state index is 13.1. The molecule has 0 spiro atoms. The van der Waals surface area contributed by atoms with Gasteiger partial charge in [-0.1, -0.05) is 54.6 Å². The van der Waals surface area contributed by atoms with Gasteiger partial charge in [0.1, 0.15) is 12.3 Å². The third-order valence-corrected chi connectivity index (χ3v) is 4.48. The number of furan rings is 1. The second-order valence-corrected chi connectivity index (χ2v) is 6.78. The minimum absolute atomic E-state index is 0.0712. The molecule has 6 heteroatoms. The molecule has 0 bridgehead atoms. The highest BCUT2D eigenvalue weighted by Gasteiger charge is 2.22. The molecule has 2 aromatic carbocycles. The number of nitrogens with one attached hydrogen (secondary N) is 1. The van der Waals surface area contributed by atoms with Crippen LogP contribution in [0.2, 0.25) is 0 Å². The standard InChI is InChI=1S/C24H25N3O3/c1-2-15-26(24(29)25-21-12-7-4-8-13-21)19-23(28)27(18-22-14-9-16-30-22)17-20-10-5-3-6-11-20/h2-14,16H,1,15,17-19H2,(H,25,29). The highest BCUT2D eigenvalue weighted by atomic mass is 16.3. The zero-order valence-electron chi connectivity index (χ0n) is 16.7. The second-order valence-electron chi connectivity index (χ2n) is 6.78. The topological polar surface area (TPSA) is 65.8 Å². The van der Waals surface area contributed by atoms with Gasteiger partial charge in [0.25, 0.3) is 0 Å². The van der Waals surface area contributed by atoms with E-state index in [9.17, 15) is 9.59 Å². The lowest BCUT2D eigenvalue weighted by molar-refractivity contribution is -0.133. The molecule has 0 aliphatic heterocycles. The van der Waals surface area contributed by atoms with Crippen LogP contribution < -0.4 is 5.32 Å². The van der Waals surface area contributed by atoms with E-state index >= 15 is 0 Å². The zero-order chi connectivity index (χ0) is 21.2. The number of carbonyl (C=O) groups is 2. The number of anilines is 1. The molecule has 154 valence electrons. The van der Waals surface area contributed by atoms with Gasteiger partial charge < -0.3 is 19.5 Å². The fourth-order valence-corrected chi connectivity index (χ4v) is 2.99. The van der Waals surface area contributed by atoms with Crippen molar-refractivity contribution in [3.63, 3.8) is 0 Å². The SMILES string of the molecule is C=CCN(CC(=O)N(Cc1ccccc1)Cc1ccco1)C(=O)Nc1ccccc1. The van der Waals surface area contributed by atoms with Crippen molar-refractivity contribution < 1.29 is 14.0 Å². The molecule has 3 amide bonds. The molecule has 1 aromatic heterocycles. The number of benzene rings is 2. The molecule has 0 radical (unpaired) electrons. The summed E-state index contributed by atoms with van der Waals surface area (Å²) in [5, 5.41) is 2.82. The van der Waals surface area contributed by atoms with Crippen LogP contribution in [-0.4, -0.2) is 34.8 Å². The Bertz CT molecular complexity index is 940. The van der Waals surface area contributed by atoms with Crippen LogP contribution in [0.15, 0.2) is 96.1 Å². The second kappa shape index (κ2) is 10.7. The van der Waals surface area contributed by atoms with E-state index < -0.39 is 0 Å². The van der Waals surface area contributed by atoms with E-state index in [2.05, 4.69) is 11.9 Å². The summed E-state index contributed by atoms with van der Waals surface area (Å²) in [7, 11) is 0. The Labute approximate surface area is 176 Å². The number of urea groups is 1. The van der Waals surface area contributed by atoms with Crippen LogP contribution in [0.25, 0.3) is 0 Å². The molecule has 3 aromatic rings. The summed E-state index contributed by atoms with van der Waals surface area (Å²) in [4.78, 5) is 29.0. The maximum absolute atomic E-state index is 13.1. The van der Waals surface area contributed by atoms with E-state index in [0.29, 0.717) is 24.5 Å². The largest absolute Gasteiger partial charge is 0.467 e. The molecule has 0 unspecified atom stereocenters. The highest BCUT2D eigenvalue weighted by Crippen LogP contribution is 2.13. The maximum Gasteiger partial charge on any atom is 0.322 e. The first kappa shape index (κ1) is 20.9. The van der Waals surface area contributed by atoms with Crippen molar-refractivity contribution in [3.05, 3.63) is 103 Å². The summed E-state index contributed by atoms with van der Waals surface area (Å²) >= 11 is 0. The molecule has 0 atom stereocenters. The van der Waals surface area contributed by atoms with Crippen LogP contribution in [-0.2, 0) is 17.9 Å². The zero-order valence-corrected chi connectivity index (χ0v) is 16.7. The van der Waals surface area contributed by atoms with Crippen molar-refractivity contribution in [2.24, 2.45) is 0 Å². The molecule has 0 fully saturated rings. The van der Waals surface area contributed by atoms with Gasteiger partial charge >= 0.3 is 6.03 Å². The van der Waals surface area contributed by atoms with E-state index in [4.69, 9.17) is 4.42 Å². The molecule has 6 nitrogen and oxygen atoms in total. The fraction of sp³-hybridized carbons (Fsp3) is 0.167. The molecule has 0 saturated carbocycles. The van der Waals surface area contributed by atoms with Crippen molar-refractivity contribution in [2.45, 2.75) is 13.1 Å². The first-order chi connectivity index (χ1) is 14.7. The Morgan fingerprint density at radius 1 is 0.900 bits per heavy atom. The Hall–Kier alpha value is -3.80. The number of hydrogen-bond acceptors (Lipinski definition) is 3. The van der Waals surface area contributed by atoms with Crippen LogP contribution in [0.3, 0.4) is 0 Å². The van der Waals surface area contributed by atoms with Crippen LogP contribution in [0.4, 0.5) is 10.5 Å². The van der Waals surface area contributed by atoms with Gasteiger partial charge in [-0.3, -0.25) is 4.79 Å². The van der Waals surface area contributed by atoms with Crippen LogP contribution >= 0.6 is 0 Å². The van der Waals surface area contributed by atoms with Gasteiger partial charge in [-0.05, 0) is 29.8 Å². The van der Waals surface area contributed by atoms with Crippen molar-refractivity contribution in [3.8, 4) is 0 Å². The summed E-state index contributed by atoms with van der Waals surface area (Å²) in [6, 6.07) is 22.1. The molecule has 0 saturated heterocycles. The predicted molar refractivity (Wildman–Crippen MR) is 117 cm³/mol. The Morgan fingerprint density at radius 2 is 1.60 bits per heavy atom. The van der Waals surface area contributed by atoms with Gasteiger partial charge in [0.05, 0.1) is 12.8 Å². The van der Waals surface area contributed by atoms with Crippen LogP contribution in [0, 0.1) is 0 Å². The molecular formula is C24H25N3O3. The number of amides is 3. The number of rotatable bonds is 9. The third-order valence-electron chi connectivity index (χ3n) is 4.48. The molecule has 30 heavy (non-hydrogen) atoms. The summed E-state index contributed by atoms with van der Waals surface area (Å²) in [6.07, 6.45) is 3.18. The monoisotopic (exact) mass is 403 g/mol. The summed E-state index contributed by atoms with van der Waals surface area (Å²) in [5.74, 6) is 0.503. The van der Waals surface area contributed by atoms with Gasteiger partial charge in [0, 0.05) is 18.8 Å². The molecular weight excluding hydrogens is 378 g/mol. The Balaban J connectivity index is 1.72. The lowest BCUT2D eigenvalue weighted by Gasteiger charge is -2.27. The van der Waals surface area contributed by atoms with E-state index in [1.807, 2.05) is 54.6 Å². The minimum atomic E-state index is -0.355. The van der Waals surface area contributed by atoms with Crippen molar-refractivity contribution >= 4 is 17.6 Å². The fourth-order valence-electron chi connectivity index (χ4n) is 2.99. The van der Waals surface area contributed by atoms with Gasteiger partial charge in [-0.15, -0.1) is 6.58 Å². The highest BCUT2D eigenvalue weighted by molar-refractivity contribution is 5.92. The van der Waals surface area contributed by atoms with E-state index in [1.54, 1.807) is 35.4 Å².